The second-order valence-electron chi connectivity index (χ2n) is 9.02. The van der Waals surface area contributed by atoms with Gasteiger partial charge in [-0.3, -0.25) is 9.69 Å². The zero-order chi connectivity index (χ0) is 25.8. The molecule has 190 valence electrons. The number of hydrogen-bond donors (Lipinski definition) is 0. The predicted octanol–water partition coefficient (Wildman–Crippen LogP) is 4.71. The summed E-state index contributed by atoms with van der Waals surface area (Å²) >= 11 is 0. The molecule has 0 saturated heterocycles. The third-order valence-corrected chi connectivity index (χ3v) is 6.48. The molecular weight excluding hydrogens is 456 g/mol. The van der Waals surface area contributed by atoms with Crippen molar-refractivity contribution in [1.82, 2.24) is 14.4 Å². The molecule has 1 aliphatic heterocycles. The van der Waals surface area contributed by atoms with E-state index >= 15 is 0 Å². The Labute approximate surface area is 212 Å². The zero-order valence-corrected chi connectivity index (χ0v) is 21.6. The Balaban J connectivity index is 1.85. The van der Waals surface area contributed by atoms with Crippen LogP contribution in [0.15, 0.2) is 60.8 Å². The lowest BCUT2D eigenvalue weighted by Crippen LogP contribution is -2.49. The number of para-hydroxylation sites is 2. The van der Waals surface area contributed by atoms with Crippen LogP contribution in [0.25, 0.3) is 5.69 Å². The molecule has 2 aromatic carbocycles. The van der Waals surface area contributed by atoms with Gasteiger partial charge < -0.3 is 23.8 Å². The fourth-order valence-corrected chi connectivity index (χ4v) is 4.72. The summed E-state index contributed by atoms with van der Waals surface area (Å²) < 4.78 is 13.4. The van der Waals surface area contributed by atoms with E-state index < -0.39 is 6.04 Å². The first-order valence-electron chi connectivity index (χ1n) is 12.2. The van der Waals surface area contributed by atoms with Crippen LogP contribution in [0.5, 0.6) is 11.5 Å². The Kier molecular flexibility index (Phi) is 7.52. The number of methoxy groups -OCH3 is 2. The lowest BCUT2D eigenvalue weighted by atomic mass is 9.96. The largest absolute Gasteiger partial charge is 0.497 e. The minimum absolute atomic E-state index is 0.0329. The Morgan fingerprint density at radius 3 is 2.39 bits per heavy atom. The Hall–Kier alpha value is -3.94. The number of ether oxygens (including phenoxy) is 2. The highest BCUT2D eigenvalue weighted by molar-refractivity contribution is 6.00. The molecule has 2 heterocycles. The van der Waals surface area contributed by atoms with E-state index in [1.165, 1.54) is 4.90 Å². The molecule has 0 N–H and O–H groups in total. The van der Waals surface area contributed by atoms with E-state index in [4.69, 9.17) is 9.47 Å². The summed E-state index contributed by atoms with van der Waals surface area (Å²) in [5.41, 5.74) is 3.41. The first-order valence-corrected chi connectivity index (χ1v) is 12.2. The van der Waals surface area contributed by atoms with E-state index in [1.807, 2.05) is 60.8 Å². The molecule has 8 nitrogen and oxygen atoms in total. The van der Waals surface area contributed by atoms with E-state index in [1.54, 1.807) is 38.1 Å². The highest BCUT2D eigenvalue weighted by Crippen LogP contribution is 2.45. The number of fused-ring (bicyclic) bond motifs is 3. The molecule has 36 heavy (non-hydrogen) atoms. The predicted molar refractivity (Wildman–Crippen MR) is 140 cm³/mol. The van der Waals surface area contributed by atoms with Crippen LogP contribution < -0.4 is 14.4 Å². The topological polar surface area (TPSA) is 67.3 Å². The number of benzene rings is 2. The standard InChI is InChI=1S/C28H34N4O4/c1-6-7-16-30(28(34)29(2)3)19-26(33)32-23-12-9-8-11-22(23)31-17-10-13-24(31)27(32)21-18-20(35-4)14-15-25(21)36-5/h8-15,17-18,27H,6-7,16,19H2,1-5H3. The first-order chi connectivity index (χ1) is 17.4. The molecule has 3 amide bonds. The van der Waals surface area contributed by atoms with Crippen molar-refractivity contribution >= 4 is 17.6 Å². The minimum atomic E-state index is -0.477. The average Bonchev–Trinajstić information content (AvgIpc) is 3.39. The number of urea groups is 1. The van der Waals surface area contributed by atoms with Crippen LogP contribution in [0, 0.1) is 0 Å². The molecule has 1 unspecified atom stereocenters. The number of rotatable bonds is 8. The molecule has 0 saturated carbocycles. The number of carbonyl (C=O) groups excluding carboxylic acids is 2. The molecule has 1 aliphatic rings. The molecule has 0 aliphatic carbocycles. The quantitative estimate of drug-likeness (QED) is 0.459. The van der Waals surface area contributed by atoms with Crippen LogP contribution in [0.3, 0.4) is 0 Å². The SMILES string of the molecule is CCCCN(CC(=O)N1c2ccccc2-n2cccc2C1c1cc(OC)ccc1OC)C(=O)N(C)C. The first kappa shape index (κ1) is 25.2. The normalized spacial score (nSPS) is 14.0. The monoisotopic (exact) mass is 490 g/mol. The third kappa shape index (κ3) is 4.63. The van der Waals surface area contributed by atoms with Crippen molar-refractivity contribution in [3.63, 3.8) is 0 Å². The number of anilines is 1. The smallest absolute Gasteiger partial charge is 0.319 e. The second kappa shape index (κ2) is 10.8. The van der Waals surface area contributed by atoms with E-state index in [2.05, 4.69) is 11.5 Å². The van der Waals surface area contributed by atoms with Gasteiger partial charge in [-0.25, -0.2) is 4.79 Å². The molecule has 0 bridgehead atoms. The number of amides is 3. The molecule has 1 aromatic heterocycles. The Morgan fingerprint density at radius 1 is 0.972 bits per heavy atom. The van der Waals surface area contributed by atoms with Crippen LogP contribution in [-0.4, -0.2) is 67.7 Å². The summed E-state index contributed by atoms with van der Waals surface area (Å²) in [7, 11) is 6.65. The maximum atomic E-state index is 14.2. The number of nitrogens with zero attached hydrogens (tertiary/aromatic N) is 4. The van der Waals surface area contributed by atoms with E-state index in [9.17, 15) is 9.59 Å². The van der Waals surface area contributed by atoms with E-state index in [0.717, 1.165) is 35.5 Å². The molecule has 4 rings (SSSR count). The average molecular weight is 491 g/mol. The lowest BCUT2D eigenvalue weighted by molar-refractivity contribution is -0.119. The molecule has 1 atom stereocenters. The number of hydrogen-bond acceptors (Lipinski definition) is 4. The van der Waals surface area contributed by atoms with Crippen molar-refractivity contribution in [3.8, 4) is 17.2 Å². The number of carbonyl (C=O) groups is 2. The van der Waals surface area contributed by atoms with Crippen LogP contribution in [0.2, 0.25) is 0 Å². The summed E-state index contributed by atoms with van der Waals surface area (Å²) in [6.45, 7) is 2.55. The van der Waals surface area contributed by atoms with Crippen molar-refractivity contribution in [3.05, 3.63) is 72.1 Å². The van der Waals surface area contributed by atoms with Crippen molar-refractivity contribution in [2.75, 3.05) is 46.3 Å². The Bertz CT molecular complexity index is 1240. The number of unbranched alkanes of at least 4 members (excludes halogenated alkanes) is 1. The van der Waals surface area contributed by atoms with Gasteiger partial charge >= 0.3 is 6.03 Å². The van der Waals surface area contributed by atoms with Gasteiger partial charge in [-0.1, -0.05) is 25.5 Å². The van der Waals surface area contributed by atoms with E-state index in [0.29, 0.717) is 18.0 Å². The summed E-state index contributed by atoms with van der Waals surface area (Å²) in [5.74, 6) is 1.15. The number of aromatic nitrogens is 1. The molecular formula is C28H34N4O4. The van der Waals surface area contributed by atoms with Gasteiger partial charge in [0, 0.05) is 32.4 Å². The van der Waals surface area contributed by atoms with Gasteiger partial charge in [0.15, 0.2) is 0 Å². The maximum Gasteiger partial charge on any atom is 0.319 e. The summed E-state index contributed by atoms with van der Waals surface area (Å²) in [4.78, 5) is 32.0. The summed E-state index contributed by atoms with van der Waals surface area (Å²) in [6, 6.07) is 16.8. The van der Waals surface area contributed by atoms with Crippen molar-refractivity contribution < 1.29 is 19.1 Å². The lowest BCUT2D eigenvalue weighted by Gasteiger charge is -2.40. The van der Waals surface area contributed by atoms with Gasteiger partial charge in [0.05, 0.1) is 31.3 Å². The highest BCUT2D eigenvalue weighted by atomic mass is 16.5. The molecule has 8 heteroatoms. The van der Waals surface area contributed by atoms with Gasteiger partial charge in [0.25, 0.3) is 0 Å². The minimum Gasteiger partial charge on any atom is -0.497 e. The van der Waals surface area contributed by atoms with Crippen LogP contribution in [0.1, 0.15) is 37.1 Å². The van der Waals surface area contributed by atoms with Gasteiger partial charge in [-0.2, -0.15) is 0 Å². The van der Waals surface area contributed by atoms with Crippen molar-refractivity contribution in [2.24, 2.45) is 0 Å². The van der Waals surface area contributed by atoms with Gasteiger partial charge in [-0.05, 0) is 48.9 Å². The van der Waals surface area contributed by atoms with Crippen LogP contribution in [0.4, 0.5) is 10.5 Å². The zero-order valence-electron chi connectivity index (χ0n) is 21.6. The van der Waals surface area contributed by atoms with Gasteiger partial charge in [0.1, 0.15) is 24.1 Å². The van der Waals surface area contributed by atoms with E-state index in [-0.39, 0.29) is 18.5 Å². The van der Waals surface area contributed by atoms with Crippen LogP contribution in [-0.2, 0) is 4.79 Å². The highest BCUT2D eigenvalue weighted by Gasteiger charge is 2.38. The third-order valence-electron chi connectivity index (χ3n) is 6.48. The second-order valence-corrected chi connectivity index (χ2v) is 9.02. The van der Waals surface area contributed by atoms with Gasteiger partial charge in [0.2, 0.25) is 5.91 Å². The van der Waals surface area contributed by atoms with Crippen molar-refractivity contribution in [2.45, 2.75) is 25.8 Å². The molecule has 3 aromatic rings. The molecule has 0 spiro atoms. The Morgan fingerprint density at radius 2 is 1.72 bits per heavy atom. The van der Waals surface area contributed by atoms with Gasteiger partial charge in [-0.15, -0.1) is 0 Å². The van der Waals surface area contributed by atoms with Crippen molar-refractivity contribution in [1.29, 1.82) is 0 Å². The summed E-state index contributed by atoms with van der Waals surface area (Å²) in [5, 5.41) is 0. The van der Waals surface area contributed by atoms with Crippen LogP contribution >= 0.6 is 0 Å². The fraction of sp³-hybridized carbons (Fsp3) is 0.357. The summed E-state index contributed by atoms with van der Waals surface area (Å²) in [6.07, 6.45) is 3.74. The molecule has 0 radical (unpaired) electrons. The molecule has 0 fully saturated rings. The fourth-order valence-electron chi connectivity index (χ4n) is 4.72. The maximum absolute atomic E-state index is 14.2.